The van der Waals surface area contributed by atoms with Crippen molar-refractivity contribution >= 4 is 16.8 Å². The minimum absolute atomic E-state index is 0.100. The van der Waals surface area contributed by atoms with E-state index in [2.05, 4.69) is 71.8 Å². The molecular formula is C22H28N4O. The summed E-state index contributed by atoms with van der Waals surface area (Å²) >= 11 is 0. The number of benzene rings is 2. The summed E-state index contributed by atoms with van der Waals surface area (Å²) in [4.78, 5) is 14.6. The standard InChI is InChI=1S/C22H28N4O/c1-16(18-7-5-4-6-8-18)11-22(27)23-15-20(26(2)3)13-17-9-10-21-19(12-17)14-24-25-21/h4-10,12,14,16,20H,11,13,15H2,1-3H3,(H,23,27)(H,24,25). The van der Waals surface area contributed by atoms with Crippen LogP contribution in [0.3, 0.4) is 0 Å². The maximum absolute atomic E-state index is 12.4. The number of nitrogens with one attached hydrogen (secondary N) is 2. The summed E-state index contributed by atoms with van der Waals surface area (Å²) < 4.78 is 0. The van der Waals surface area contributed by atoms with Crippen molar-refractivity contribution in [1.29, 1.82) is 0 Å². The molecule has 0 radical (unpaired) electrons. The monoisotopic (exact) mass is 364 g/mol. The maximum Gasteiger partial charge on any atom is 0.220 e. The summed E-state index contributed by atoms with van der Waals surface area (Å²) in [6.07, 6.45) is 3.23. The van der Waals surface area contributed by atoms with Gasteiger partial charge in [0.15, 0.2) is 0 Å². The second-order valence-electron chi connectivity index (χ2n) is 7.43. The van der Waals surface area contributed by atoms with E-state index in [1.165, 1.54) is 11.1 Å². The quantitative estimate of drug-likeness (QED) is 0.644. The van der Waals surface area contributed by atoms with E-state index in [1.807, 2.05) is 24.4 Å². The van der Waals surface area contributed by atoms with Crippen molar-refractivity contribution in [2.24, 2.45) is 0 Å². The molecule has 5 heteroatoms. The van der Waals surface area contributed by atoms with Gasteiger partial charge in [-0.3, -0.25) is 9.89 Å². The van der Waals surface area contributed by atoms with Crippen LogP contribution in [0.2, 0.25) is 0 Å². The van der Waals surface area contributed by atoms with Gasteiger partial charge in [-0.05, 0) is 49.7 Å². The van der Waals surface area contributed by atoms with E-state index in [-0.39, 0.29) is 17.9 Å². The lowest BCUT2D eigenvalue weighted by Gasteiger charge is -2.25. The second-order valence-corrected chi connectivity index (χ2v) is 7.43. The molecular weight excluding hydrogens is 336 g/mol. The van der Waals surface area contributed by atoms with Crippen molar-refractivity contribution in [1.82, 2.24) is 20.4 Å². The molecule has 0 saturated heterocycles. The van der Waals surface area contributed by atoms with Gasteiger partial charge in [-0.2, -0.15) is 5.10 Å². The van der Waals surface area contributed by atoms with Gasteiger partial charge in [0, 0.05) is 24.4 Å². The first-order valence-corrected chi connectivity index (χ1v) is 9.43. The highest BCUT2D eigenvalue weighted by Gasteiger charge is 2.16. The molecule has 1 aromatic heterocycles. The van der Waals surface area contributed by atoms with E-state index in [0.29, 0.717) is 13.0 Å². The van der Waals surface area contributed by atoms with Crippen LogP contribution in [0.25, 0.3) is 10.9 Å². The van der Waals surface area contributed by atoms with Gasteiger partial charge < -0.3 is 10.2 Å². The van der Waals surface area contributed by atoms with E-state index in [0.717, 1.165) is 17.3 Å². The molecule has 0 fully saturated rings. The lowest BCUT2D eigenvalue weighted by molar-refractivity contribution is -0.121. The van der Waals surface area contributed by atoms with Crippen molar-refractivity contribution in [2.75, 3.05) is 20.6 Å². The Balaban J connectivity index is 1.55. The highest BCUT2D eigenvalue weighted by Crippen LogP contribution is 2.18. The molecule has 0 spiro atoms. The number of nitrogens with zero attached hydrogens (tertiary/aromatic N) is 2. The first-order valence-electron chi connectivity index (χ1n) is 9.43. The van der Waals surface area contributed by atoms with Crippen molar-refractivity contribution < 1.29 is 4.79 Å². The SMILES string of the molecule is CC(CC(=O)NCC(Cc1ccc2[nH]ncc2c1)N(C)C)c1ccccc1. The molecule has 142 valence electrons. The van der Waals surface area contributed by atoms with Crippen LogP contribution in [0.5, 0.6) is 0 Å². The van der Waals surface area contributed by atoms with Crippen LogP contribution in [0.15, 0.2) is 54.7 Å². The second kappa shape index (κ2) is 8.82. The number of aromatic amines is 1. The zero-order chi connectivity index (χ0) is 19.2. The number of hydrogen-bond acceptors (Lipinski definition) is 3. The smallest absolute Gasteiger partial charge is 0.220 e. The molecule has 0 aliphatic carbocycles. The van der Waals surface area contributed by atoms with E-state index < -0.39 is 0 Å². The van der Waals surface area contributed by atoms with Crippen LogP contribution in [-0.2, 0) is 11.2 Å². The van der Waals surface area contributed by atoms with Gasteiger partial charge in [-0.15, -0.1) is 0 Å². The third-order valence-electron chi connectivity index (χ3n) is 5.10. The van der Waals surface area contributed by atoms with Gasteiger partial charge in [0.1, 0.15) is 0 Å². The van der Waals surface area contributed by atoms with Gasteiger partial charge in [0.25, 0.3) is 0 Å². The summed E-state index contributed by atoms with van der Waals surface area (Å²) in [5.41, 5.74) is 3.49. The highest BCUT2D eigenvalue weighted by molar-refractivity contribution is 5.78. The number of amides is 1. The Morgan fingerprint density at radius 3 is 2.70 bits per heavy atom. The van der Waals surface area contributed by atoms with Crippen LogP contribution in [0, 0.1) is 0 Å². The third kappa shape index (κ3) is 5.17. The molecule has 1 heterocycles. The molecule has 0 saturated carbocycles. The fraction of sp³-hybridized carbons (Fsp3) is 0.364. The largest absolute Gasteiger partial charge is 0.355 e. The van der Waals surface area contributed by atoms with E-state index >= 15 is 0 Å². The summed E-state index contributed by atoms with van der Waals surface area (Å²) in [5, 5.41) is 11.3. The number of hydrogen-bond donors (Lipinski definition) is 2. The Morgan fingerprint density at radius 2 is 1.96 bits per heavy atom. The Labute approximate surface area is 160 Å². The fourth-order valence-electron chi connectivity index (χ4n) is 3.31. The minimum Gasteiger partial charge on any atom is -0.355 e. The molecule has 5 nitrogen and oxygen atoms in total. The molecule has 2 N–H and O–H groups in total. The minimum atomic E-state index is 0.100. The number of carbonyl (C=O) groups is 1. The zero-order valence-corrected chi connectivity index (χ0v) is 16.3. The fourth-order valence-corrected chi connectivity index (χ4v) is 3.31. The maximum atomic E-state index is 12.4. The summed E-state index contributed by atoms with van der Waals surface area (Å²) in [7, 11) is 4.11. The summed E-state index contributed by atoms with van der Waals surface area (Å²) in [6.45, 7) is 2.73. The number of likely N-dealkylation sites (N-methyl/N-ethyl adjacent to an activating group) is 1. The normalized spacial score (nSPS) is 13.6. The van der Waals surface area contributed by atoms with Crippen molar-refractivity contribution in [3.8, 4) is 0 Å². The number of aromatic nitrogens is 2. The number of fused-ring (bicyclic) bond motifs is 1. The van der Waals surface area contributed by atoms with Crippen molar-refractivity contribution in [2.45, 2.75) is 31.7 Å². The van der Waals surface area contributed by atoms with Crippen LogP contribution >= 0.6 is 0 Å². The van der Waals surface area contributed by atoms with Gasteiger partial charge >= 0.3 is 0 Å². The molecule has 2 unspecified atom stereocenters. The third-order valence-corrected chi connectivity index (χ3v) is 5.10. The van der Waals surface area contributed by atoms with Gasteiger partial charge in [0.2, 0.25) is 5.91 Å². The number of carbonyl (C=O) groups excluding carboxylic acids is 1. The lowest BCUT2D eigenvalue weighted by atomic mass is 9.97. The van der Waals surface area contributed by atoms with E-state index in [1.54, 1.807) is 0 Å². The highest BCUT2D eigenvalue weighted by atomic mass is 16.1. The number of rotatable bonds is 8. The Hall–Kier alpha value is -2.66. The summed E-state index contributed by atoms with van der Waals surface area (Å²) in [5.74, 6) is 0.316. The van der Waals surface area contributed by atoms with Crippen LogP contribution in [0.1, 0.15) is 30.4 Å². The molecule has 0 aliphatic heterocycles. The van der Waals surface area contributed by atoms with Crippen LogP contribution < -0.4 is 5.32 Å². The van der Waals surface area contributed by atoms with Crippen molar-refractivity contribution in [3.63, 3.8) is 0 Å². The van der Waals surface area contributed by atoms with Crippen LogP contribution in [0.4, 0.5) is 0 Å². The molecule has 0 aliphatic rings. The predicted octanol–water partition coefficient (Wildman–Crippen LogP) is 3.35. The van der Waals surface area contributed by atoms with Gasteiger partial charge in [0.05, 0.1) is 11.7 Å². The Bertz CT molecular complexity index is 872. The molecule has 2 aromatic carbocycles. The first-order chi connectivity index (χ1) is 13.0. The van der Waals surface area contributed by atoms with Crippen molar-refractivity contribution in [3.05, 3.63) is 65.9 Å². The Kier molecular flexibility index (Phi) is 6.24. The molecule has 3 rings (SSSR count). The lowest BCUT2D eigenvalue weighted by Crippen LogP contribution is -2.41. The predicted molar refractivity (Wildman–Crippen MR) is 110 cm³/mol. The average molecular weight is 364 g/mol. The average Bonchev–Trinajstić information content (AvgIpc) is 3.13. The van der Waals surface area contributed by atoms with Gasteiger partial charge in [-0.1, -0.05) is 43.3 Å². The topological polar surface area (TPSA) is 61.0 Å². The number of H-pyrrole nitrogens is 1. The van der Waals surface area contributed by atoms with E-state index in [4.69, 9.17) is 0 Å². The van der Waals surface area contributed by atoms with Crippen LogP contribution in [-0.4, -0.2) is 47.7 Å². The zero-order valence-electron chi connectivity index (χ0n) is 16.3. The molecule has 1 amide bonds. The first kappa shape index (κ1) is 19.1. The van der Waals surface area contributed by atoms with E-state index in [9.17, 15) is 4.79 Å². The Morgan fingerprint density at radius 1 is 1.19 bits per heavy atom. The summed E-state index contributed by atoms with van der Waals surface area (Å²) in [6, 6.07) is 16.8. The molecule has 0 bridgehead atoms. The molecule has 27 heavy (non-hydrogen) atoms. The molecule has 3 aromatic rings. The molecule has 2 atom stereocenters. The van der Waals surface area contributed by atoms with Gasteiger partial charge in [-0.25, -0.2) is 0 Å².